The summed E-state index contributed by atoms with van der Waals surface area (Å²) in [5, 5.41) is 31.4. The summed E-state index contributed by atoms with van der Waals surface area (Å²) in [5.41, 5.74) is 8.53. The third-order valence-corrected chi connectivity index (χ3v) is 24.0. The van der Waals surface area contributed by atoms with Crippen LogP contribution >= 0.6 is 69.1 Å². The lowest BCUT2D eigenvalue weighted by molar-refractivity contribution is -0.0369. The fourth-order valence-corrected chi connectivity index (χ4v) is 18.2. The molecule has 26 heteroatoms. The van der Waals surface area contributed by atoms with Gasteiger partial charge in [0.25, 0.3) is 0 Å². The van der Waals surface area contributed by atoms with E-state index in [1.54, 1.807) is 39.7 Å². The van der Waals surface area contributed by atoms with Crippen LogP contribution < -0.4 is 15.1 Å². The summed E-state index contributed by atoms with van der Waals surface area (Å²) < 4.78 is 21.6. The largest absolute Gasteiger partial charge is 0.465 e. The van der Waals surface area contributed by atoms with E-state index in [1.807, 2.05) is 121 Å². The van der Waals surface area contributed by atoms with E-state index in [4.69, 9.17) is 101 Å². The number of rotatable bonds is 16. The first-order chi connectivity index (χ1) is 46.7. The lowest BCUT2D eigenvalue weighted by Crippen LogP contribution is -2.38. The fraction of sp³-hybridized carbons (Fsp3) is 0.400. The van der Waals surface area contributed by atoms with Crippen molar-refractivity contribution in [1.82, 2.24) is 59.7 Å². The highest BCUT2D eigenvalue weighted by atomic mass is 35.5. The van der Waals surface area contributed by atoms with Crippen molar-refractivity contribution in [2.75, 3.05) is 62.3 Å². The number of anilines is 2. The average Bonchev–Trinajstić information content (AvgIpc) is 1.53. The third kappa shape index (κ3) is 12.3. The zero-order valence-corrected chi connectivity index (χ0v) is 57.5. The van der Waals surface area contributed by atoms with Crippen molar-refractivity contribution < 1.29 is 28.9 Å². The van der Waals surface area contributed by atoms with E-state index in [1.165, 1.54) is 0 Å². The van der Waals surface area contributed by atoms with Crippen LogP contribution in [0.1, 0.15) is 96.4 Å². The number of aryl methyl sites for hydroxylation is 2. The Morgan fingerprint density at radius 2 is 1.12 bits per heavy atom. The van der Waals surface area contributed by atoms with Crippen molar-refractivity contribution in [3.05, 3.63) is 173 Å². The van der Waals surface area contributed by atoms with Crippen molar-refractivity contribution in [2.45, 2.75) is 102 Å². The van der Waals surface area contributed by atoms with Gasteiger partial charge in [0.2, 0.25) is 0 Å². The van der Waals surface area contributed by atoms with Crippen LogP contribution in [0.5, 0.6) is 0 Å². The molecule has 6 aliphatic rings. The van der Waals surface area contributed by atoms with E-state index >= 15 is 0 Å². The number of amides is 2. The Hall–Kier alpha value is -7.54. The molecule has 2 saturated carbocycles. The standard InChI is InChI=1S/2C35H35Cl2N7O3S/c1-21-19-48-33(40-21)35(20-39-34(45)47-18-22-8-3-2-4-9-22)24-13-14-43(17-25(24)35)27-16-38-31-30(23-10-7-11-26(36)29(23)37)42-44(32(31)41-27)28-12-5-6-15-46-28;1-21-19-48-33(39-21)35(20-43(34(45)46)17-22-8-3-2-4-9-22)24-13-14-42(18-25(24)35)27-16-38-31-30(23-10-7-11-26(36)29(23)37)41-44(32(31)40-27)28-12-5-6-15-47-28/h2-4,7-11,16,19,24-25,28H,5-6,12-15,17-18,20H2,1H3,(H,39,45);2-4,7-11,16,19,24-25,28H,5-6,12-15,17-18,20H2,1H3,(H,45,46)/t2*24-,25+,28?,35+/m11/s1. The number of carbonyl (C=O) groups excluding carboxylic acids is 1. The Balaban J connectivity index is 0.000000158. The fourth-order valence-electron chi connectivity index (χ4n) is 15.2. The molecular formula is C70H70Cl4N14O6S2. The second-order valence-electron chi connectivity index (χ2n) is 25.8. The molecule has 2 N–H and O–H groups in total. The van der Waals surface area contributed by atoms with Crippen molar-refractivity contribution in [3.63, 3.8) is 0 Å². The van der Waals surface area contributed by atoms with Crippen LogP contribution in [0.2, 0.25) is 20.1 Å². The van der Waals surface area contributed by atoms with E-state index in [-0.39, 0.29) is 41.7 Å². The van der Waals surface area contributed by atoms with Crippen molar-refractivity contribution in [1.29, 1.82) is 0 Å². The van der Waals surface area contributed by atoms with Gasteiger partial charge in [0.05, 0.1) is 32.5 Å². The molecule has 8 atom stereocenters. The van der Waals surface area contributed by atoms with Gasteiger partial charge in [0.1, 0.15) is 50.7 Å². The molecular weight excluding hydrogens is 1340 g/mol. The van der Waals surface area contributed by atoms with Gasteiger partial charge in [0.15, 0.2) is 23.8 Å². The van der Waals surface area contributed by atoms with Crippen LogP contribution in [-0.4, -0.2) is 124 Å². The minimum absolute atomic E-state index is 0.222. The Morgan fingerprint density at radius 1 is 0.625 bits per heavy atom. The number of piperidine rings is 2. The summed E-state index contributed by atoms with van der Waals surface area (Å²) in [4.78, 5) is 61.7. The Morgan fingerprint density at radius 3 is 1.61 bits per heavy atom. The predicted molar refractivity (Wildman–Crippen MR) is 373 cm³/mol. The number of carbonyl (C=O) groups is 2. The van der Waals surface area contributed by atoms with Crippen LogP contribution in [0, 0.1) is 37.5 Å². The number of thiazole rings is 2. The minimum Gasteiger partial charge on any atom is -0.465 e. The number of halogens is 4. The lowest BCUT2D eigenvalue weighted by Gasteiger charge is -2.28. The van der Waals surface area contributed by atoms with Crippen molar-refractivity contribution >= 4 is 115 Å². The molecule has 10 aromatic rings. The lowest BCUT2D eigenvalue weighted by atomic mass is 10.0. The number of hydrogen-bond donors (Lipinski definition) is 2. The second-order valence-corrected chi connectivity index (χ2v) is 29.1. The van der Waals surface area contributed by atoms with Gasteiger partial charge in [-0.1, -0.05) is 131 Å². The monoisotopic (exact) mass is 1410 g/mol. The molecule has 4 aliphatic heterocycles. The normalized spacial score (nSPS) is 23.6. The Labute approximate surface area is 582 Å². The Bertz CT molecular complexity index is 4510. The van der Waals surface area contributed by atoms with Gasteiger partial charge >= 0.3 is 12.2 Å². The molecule has 4 aromatic carbocycles. The summed E-state index contributed by atoms with van der Waals surface area (Å²) in [6.45, 7) is 9.87. The molecule has 4 saturated heterocycles. The van der Waals surface area contributed by atoms with Crippen LogP contribution in [0.25, 0.3) is 44.8 Å². The maximum absolute atomic E-state index is 12.8. The van der Waals surface area contributed by atoms with E-state index in [2.05, 4.69) is 25.9 Å². The van der Waals surface area contributed by atoms with Crippen molar-refractivity contribution in [2.24, 2.45) is 23.7 Å². The highest BCUT2D eigenvalue weighted by Crippen LogP contribution is 2.66. The third-order valence-electron chi connectivity index (χ3n) is 20.1. The van der Waals surface area contributed by atoms with Gasteiger partial charge in [0, 0.05) is 103 Å². The van der Waals surface area contributed by atoms with Crippen LogP contribution in [0.15, 0.2) is 120 Å². The summed E-state index contributed by atoms with van der Waals surface area (Å²) in [5.74, 6) is 2.77. The molecule has 0 radical (unpaired) electrons. The molecule has 6 fully saturated rings. The van der Waals surface area contributed by atoms with Crippen LogP contribution in [0.3, 0.4) is 0 Å². The summed E-state index contributed by atoms with van der Waals surface area (Å²) >= 11 is 29.4. The van der Waals surface area contributed by atoms with Gasteiger partial charge in [-0.3, -0.25) is 0 Å². The molecule has 10 heterocycles. The van der Waals surface area contributed by atoms with Crippen LogP contribution in [-0.2, 0) is 38.2 Å². The molecule has 2 aliphatic carbocycles. The smallest absolute Gasteiger partial charge is 0.407 e. The Kier molecular flexibility index (Phi) is 18.2. The molecule has 20 nitrogen and oxygen atoms in total. The SMILES string of the molecule is Cc1csc([C@@]2(CN(Cc3ccccc3)C(=O)O)[C@@H]3CCN(c4cnc5c(-c6cccc(Cl)c6Cl)nn(C6CCCCO6)c5n4)C[C@@H]32)n1.Cc1csc([C@@]2(CNC(=O)OCc3ccccc3)[C@@H]3CCN(c4cnc5c(-c6cccc(Cl)c6Cl)nn(C6CCCCO6)c5n4)C[C@@H]32)n1. The zero-order valence-electron chi connectivity index (χ0n) is 52.9. The van der Waals surface area contributed by atoms with E-state index in [9.17, 15) is 14.7 Å². The van der Waals surface area contributed by atoms with Gasteiger partial charge in [-0.15, -0.1) is 22.7 Å². The molecule has 0 spiro atoms. The average molecular weight is 1410 g/mol. The molecule has 96 heavy (non-hydrogen) atoms. The highest BCUT2D eigenvalue weighted by molar-refractivity contribution is 7.10. The number of aromatic nitrogens is 10. The topological polar surface area (TPSA) is 217 Å². The molecule has 2 unspecified atom stereocenters. The maximum Gasteiger partial charge on any atom is 0.407 e. The number of nitrogens with one attached hydrogen (secondary N) is 1. The van der Waals surface area contributed by atoms with Gasteiger partial charge < -0.3 is 39.3 Å². The summed E-state index contributed by atoms with van der Waals surface area (Å²) in [6.07, 6.45) is 9.46. The van der Waals surface area contributed by atoms with E-state index in [0.717, 1.165) is 122 Å². The number of carboxylic acid groups (broad SMARTS) is 1. The van der Waals surface area contributed by atoms with Gasteiger partial charge in [-0.2, -0.15) is 10.2 Å². The minimum atomic E-state index is -0.919. The van der Waals surface area contributed by atoms with Gasteiger partial charge in [-0.05, 0) is 112 Å². The highest BCUT2D eigenvalue weighted by Gasteiger charge is 2.70. The van der Waals surface area contributed by atoms with Crippen molar-refractivity contribution in [3.8, 4) is 22.5 Å². The number of nitrogens with zero attached hydrogens (tertiary/aromatic N) is 13. The quantitative estimate of drug-likeness (QED) is 0.0919. The second kappa shape index (κ2) is 27.1. The maximum atomic E-state index is 12.8. The molecule has 16 rings (SSSR count). The van der Waals surface area contributed by atoms with E-state index < -0.39 is 12.2 Å². The number of benzene rings is 4. The van der Waals surface area contributed by atoms with Gasteiger partial charge in [-0.25, -0.2) is 48.9 Å². The number of ether oxygens (including phenoxy) is 3. The first-order valence-electron chi connectivity index (χ1n) is 32.7. The summed E-state index contributed by atoms with van der Waals surface area (Å²) in [7, 11) is 0. The zero-order chi connectivity index (χ0) is 65.8. The number of hydrogen-bond acceptors (Lipinski definition) is 17. The molecule has 0 bridgehead atoms. The predicted octanol–water partition coefficient (Wildman–Crippen LogP) is 15.4. The van der Waals surface area contributed by atoms with E-state index in [0.29, 0.717) is 110 Å². The number of fused-ring (bicyclic) bond motifs is 4. The first-order valence-corrected chi connectivity index (χ1v) is 36.0. The summed E-state index contributed by atoms with van der Waals surface area (Å²) in [6, 6.07) is 30.5. The number of alkyl carbamates (subject to hydrolysis) is 1. The first kappa shape index (κ1) is 64.5. The molecule has 496 valence electrons. The molecule has 2 amide bonds. The van der Waals surface area contributed by atoms with Crippen LogP contribution in [0.4, 0.5) is 21.2 Å². The molecule has 6 aromatic heterocycles.